The van der Waals surface area contributed by atoms with Crippen molar-refractivity contribution < 1.29 is 0 Å². The van der Waals surface area contributed by atoms with Crippen LogP contribution in [-0.4, -0.2) is 16.8 Å². The fourth-order valence-corrected chi connectivity index (χ4v) is 0.606. The van der Waals surface area contributed by atoms with Crippen molar-refractivity contribution in [3.05, 3.63) is 11.2 Å². The van der Waals surface area contributed by atoms with E-state index >= 15 is 0 Å². The molecule has 52 valence electrons. The number of halogens is 1. The van der Waals surface area contributed by atoms with E-state index in [0.717, 1.165) is 5.12 Å². The van der Waals surface area contributed by atoms with Gasteiger partial charge in [-0.3, -0.25) is 5.84 Å². The largest absolute Gasteiger partial charge is 0.253 e. The Hall–Kier alpha value is -0.330. The average molecular weight is 150 g/mol. The molecule has 9 heavy (non-hydrogen) atoms. The first-order chi connectivity index (χ1) is 4.20. The fraction of sp³-hybridized carbons (Fsp3) is 0.333. The molecular formula is C3H8ClN5. The SMILES string of the molecule is NN1CC=C(Cl)N(N)N1. The van der Waals surface area contributed by atoms with E-state index in [1.165, 1.54) is 5.12 Å². The van der Waals surface area contributed by atoms with Crippen molar-refractivity contribution in [2.75, 3.05) is 6.54 Å². The molecule has 0 saturated carbocycles. The Bertz CT molecular complexity index is 134. The van der Waals surface area contributed by atoms with Gasteiger partial charge in [-0.2, -0.15) is 5.12 Å². The van der Waals surface area contributed by atoms with Crippen molar-refractivity contribution in [3.63, 3.8) is 0 Å². The highest BCUT2D eigenvalue weighted by atomic mass is 35.5. The van der Waals surface area contributed by atoms with Gasteiger partial charge in [-0.15, -0.1) is 5.53 Å². The second kappa shape index (κ2) is 2.51. The molecule has 0 saturated heterocycles. The summed E-state index contributed by atoms with van der Waals surface area (Å²) in [6.07, 6.45) is 1.69. The zero-order valence-electron chi connectivity index (χ0n) is 4.71. The molecule has 0 spiro atoms. The molecule has 0 aromatic heterocycles. The second-order valence-corrected chi connectivity index (χ2v) is 2.04. The van der Waals surface area contributed by atoms with Crippen molar-refractivity contribution in [1.82, 2.24) is 15.8 Å². The fourth-order valence-electron chi connectivity index (χ4n) is 0.499. The van der Waals surface area contributed by atoms with Gasteiger partial charge in [-0.1, -0.05) is 11.6 Å². The van der Waals surface area contributed by atoms with Crippen molar-refractivity contribution in [2.45, 2.75) is 0 Å². The van der Waals surface area contributed by atoms with Crippen LogP contribution in [0.15, 0.2) is 11.2 Å². The molecule has 0 bridgehead atoms. The molecule has 0 aliphatic carbocycles. The van der Waals surface area contributed by atoms with Gasteiger partial charge < -0.3 is 0 Å². The van der Waals surface area contributed by atoms with Crippen LogP contribution < -0.4 is 17.2 Å². The minimum atomic E-state index is 0.441. The highest BCUT2D eigenvalue weighted by Crippen LogP contribution is 2.04. The molecule has 0 atom stereocenters. The molecule has 5 N–H and O–H groups in total. The normalized spacial score (nSPS) is 22.1. The van der Waals surface area contributed by atoms with Crippen LogP contribution in [0.5, 0.6) is 0 Å². The lowest BCUT2D eigenvalue weighted by Gasteiger charge is -2.28. The number of rotatable bonds is 0. The molecule has 1 aliphatic heterocycles. The number of nitrogens with one attached hydrogen (secondary N) is 1. The zero-order chi connectivity index (χ0) is 6.85. The number of hydrazine groups is 4. The smallest absolute Gasteiger partial charge is 0.134 e. The Morgan fingerprint density at radius 2 is 2.33 bits per heavy atom. The first kappa shape index (κ1) is 6.79. The quantitative estimate of drug-likeness (QED) is 0.300. The van der Waals surface area contributed by atoms with Crippen LogP contribution in [0.1, 0.15) is 0 Å². The molecular weight excluding hydrogens is 142 g/mol. The first-order valence-electron chi connectivity index (χ1n) is 2.39. The molecule has 0 radical (unpaired) electrons. The van der Waals surface area contributed by atoms with Crippen LogP contribution in [0.2, 0.25) is 0 Å². The predicted octanol–water partition coefficient (Wildman–Crippen LogP) is -1.15. The molecule has 1 rings (SSSR count). The maximum atomic E-state index is 5.55. The number of nitrogens with two attached hydrogens (primary N) is 2. The molecule has 0 aromatic rings. The Morgan fingerprint density at radius 3 is 2.78 bits per heavy atom. The molecule has 1 aliphatic rings. The summed E-state index contributed by atoms with van der Waals surface area (Å²) in [6, 6.07) is 0. The van der Waals surface area contributed by atoms with E-state index in [4.69, 9.17) is 23.3 Å². The summed E-state index contributed by atoms with van der Waals surface area (Å²) in [5, 5.41) is 2.88. The van der Waals surface area contributed by atoms with Crippen LogP contribution in [0.4, 0.5) is 0 Å². The van der Waals surface area contributed by atoms with Gasteiger partial charge >= 0.3 is 0 Å². The second-order valence-electron chi connectivity index (χ2n) is 1.65. The molecule has 0 amide bonds. The van der Waals surface area contributed by atoms with Gasteiger partial charge in [0.25, 0.3) is 0 Å². The highest BCUT2D eigenvalue weighted by molar-refractivity contribution is 6.29. The minimum Gasteiger partial charge on any atom is -0.253 e. The van der Waals surface area contributed by atoms with Gasteiger partial charge in [-0.05, 0) is 6.08 Å². The van der Waals surface area contributed by atoms with E-state index < -0.39 is 0 Å². The van der Waals surface area contributed by atoms with Crippen molar-refractivity contribution in [2.24, 2.45) is 11.7 Å². The van der Waals surface area contributed by atoms with Crippen LogP contribution in [0.3, 0.4) is 0 Å². The van der Waals surface area contributed by atoms with Gasteiger partial charge in [0.1, 0.15) is 5.16 Å². The third-order valence-electron chi connectivity index (χ3n) is 0.923. The summed E-state index contributed by atoms with van der Waals surface area (Å²) in [5.41, 5.74) is 2.55. The van der Waals surface area contributed by atoms with E-state index in [1.54, 1.807) is 6.08 Å². The van der Waals surface area contributed by atoms with E-state index in [0.29, 0.717) is 11.7 Å². The monoisotopic (exact) mass is 149 g/mol. The van der Waals surface area contributed by atoms with E-state index in [2.05, 4.69) is 5.53 Å². The summed E-state index contributed by atoms with van der Waals surface area (Å²) in [6.45, 7) is 0.548. The first-order valence-corrected chi connectivity index (χ1v) is 2.77. The predicted molar refractivity (Wildman–Crippen MR) is 34.0 cm³/mol. The summed E-state index contributed by atoms with van der Waals surface area (Å²) in [7, 11) is 0. The topological polar surface area (TPSA) is 70.5 Å². The molecule has 5 nitrogen and oxygen atoms in total. The van der Waals surface area contributed by atoms with Crippen molar-refractivity contribution in [3.8, 4) is 0 Å². The van der Waals surface area contributed by atoms with Crippen LogP contribution >= 0.6 is 11.6 Å². The van der Waals surface area contributed by atoms with Gasteiger partial charge in [0, 0.05) is 0 Å². The highest BCUT2D eigenvalue weighted by Gasteiger charge is 2.09. The lowest BCUT2D eigenvalue weighted by Crippen LogP contribution is -2.57. The summed E-state index contributed by atoms with van der Waals surface area (Å²) in [4.78, 5) is 0. The van der Waals surface area contributed by atoms with E-state index in [1.807, 2.05) is 0 Å². The van der Waals surface area contributed by atoms with Gasteiger partial charge in [0.2, 0.25) is 0 Å². The zero-order valence-corrected chi connectivity index (χ0v) is 5.47. The van der Waals surface area contributed by atoms with Crippen LogP contribution in [-0.2, 0) is 0 Å². The van der Waals surface area contributed by atoms with Crippen LogP contribution in [0.25, 0.3) is 0 Å². The van der Waals surface area contributed by atoms with Gasteiger partial charge in [0.15, 0.2) is 0 Å². The lowest BCUT2D eigenvalue weighted by atomic mass is 10.6. The molecule has 0 unspecified atom stereocenters. The molecule has 0 fully saturated rings. The van der Waals surface area contributed by atoms with Gasteiger partial charge in [-0.25, -0.2) is 11.0 Å². The Kier molecular flexibility index (Phi) is 1.89. The third kappa shape index (κ3) is 1.54. The molecule has 1 heterocycles. The van der Waals surface area contributed by atoms with Crippen molar-refractivity contribution >= 4 is 11.6 Å². The number of hydrogen-bond acceptors (Lipinski definition) is 5. The third-order valence-corrected chi connectivity index (χ3v) is 1.26. The minimum absolute atomic E-state index is 0.441. The van der Waals surface area contributed by atoms with E-state index in [9.17, 15) is 0 Å². The average Bonchev–Trinajstić information content (AvgIpc) is 1.80. The Labute approximate surface area is 57.7 Å². The maximum absolute atomic E-state index is 5.55. The number of nitrogens with zero attached hydrogens (tertiary/aromatic N) is 2. The maximum Gasteiger partial charge on any atom is 0.134 e. The number of hydrogen-bond donors (Lipinski definition) is 3. The molecule has 0 aromatic carbocycles. The summed E-state index contributed by atoms with van der Waals surface area (Å²) >= 11 is 5.55. The lowest BCUT2D eigenvalue weighted by molar-refractivity contribution is 0.0497. The standard InChI is InChI=1S/C3H8ClN5/c4-3-1-2-8(5)7-9(3)6/h1,7H,2,5-6H2. The summed E-state index contributed by atoms with van der Waals surface area (Å²) < 4.78 is 0. The molecule has 6 heteroatoms. The summed E-state index contributed by atoms with van der Waals surface area (Å²) in [5.74, 6) is 10.6. The van der Waals surface area contributed by atoms with Gasteiger partial charge in [0.05, 0.1) is 6.54 Å². The van der Waals surface area contributed by atoms with Crippen molar-refractivity contribution in [1.29, 1.82) is 0 Å². The Balaban J connectivity index is 2.56. The Morgan fingerprint density at radius 1 is 1.67 bits per heavy atom. The van der Waals surface area contributed by atoms with Crippen LogP contribution in [0, 0.1) is 0 Å². The van der Waals surface area contributed by atoms with E-state index in [-0.39, 0.29) is 0 Å².